The van der Waals surface area contributed by atoms with E-state index in [-0.39, 0.29) is 16.0 Å². The molecular formula is C12H14ClN3O3S. The lowest BCUT2D eigenvalue weighted by atomic mass is 10.2. The predicted molar refractivity (Wildman–Crippen MR) is 75.4 cm³/mol. The van der Waals surface area contributed by atoms with E-state index in [4.69, 9.17) is 11.6 Å². The van der Waals surface area contributed by atoms with E-state index in [0.717, 1.165) is 0 Å². The van der Waals surface area contributed by atoms with Crippen molar-refractivity contribution in [2.45, 2.75) is 24.3 Å². The third kappa shape index (κ3) is 2.88. The molecule has 0 aliphatic carbocycles. The number of amides is 2. The number of hydrazine groups is 1. The van der Waals surface area contributed by atoms with Crippen molar-refractivity contribution in [2.24, 2.45) is 0 Å². The first kappa shape index (κ1) is 14.7. The van der Waals surface area contributed by atoms with Crippen LogP contribution in [-0.2, 0) is 10.0 Å². The van der Waals surface area contributed by atoms with Gasteiger partial charge in [0.05, 0.1) is 11.1 Å². The fraction of sp³-hybridized carbons (Fsp3) is 0.250. The van der Waals surface area contributed by atoms with Gasteiger partial charge in [-0.05, 0) is 24.6 Å². The molecule has 2 rings (SSSR count). The summed E-state index contributed by atoms with van der Waals surface area (Å²) in [6, 6.07) is 5.01. The van der Waals surface area contributed by atoms with Crippen LogP contribution >= 0.6 is 11.6 Å². The molecule has 0 radical (unpaired) electrons. The molecule has 1 aliphatic rings. The summed E-state index contributed by atoms with van der Waals surface area (Å²) >= 11 is 5.84. The molecule has 20 heavy (non-hydrogen) atoms. The van der Waals surface area contributed by atoms with E-state index < -0.39 is 16.1 Å². The zero-order valence-corrected chi connectivity index (χ0v) is 12.3. The van der Waals surface area contributed by atoms with Crippen molar-refractivity contribution in [3.05, 3.63) is 41.6 Å². The maximum absolute atomic E-state index is 12.1. The Morgan fingerprint density at radius 3 is 2.80 bits per heavy atom. The summed E-state index contributed by atoms with van der Waals surface area (Å²) in [5, 5.41) is 1.28. The molecule has 0 aromatic heterocycles. The zero-order chi connectivity index (χ0) is 14.8. The van der Waals surface area contributed by atoms with Crippen molar-refractivity contribution >= 4 is 27.7 Å². The number of halogens is 1. The Balaban J connectivity index is 2.17. The molecule has 0 bridgehead atoms. The molecule has 8 heteroatoms. The van der Waals surface area contributed by atoms with Gasteiger partial charge in [-0.15, -0.1) is 0 Å². The van der Waals surface area contributed by atoms with Crippen LogP contribution < -0.4 is 10.1 Å². The summed E-state index contributed by atoms with van der Waals surface area (Å²) in [5.41, 5.74) is 2.69. The Morgan fingerprint density at radius 2 is 2.15 bits per heavy atom. The van der Waals surface area contributed by atoms with E-state index in [0.29, 0.717) is 6.42 Å². The van der Waals surface area contributed by atoms with Crippen LogP contribution in [0.3, 0.4) is 0 Å². The van der Waals surface area contributed by atoms with Crippen molar-refractivity contribution < 1.29 is 13.2 Å². The highest BCUT2D eigenvalue weighted by Gasteiger charge is 2.28. The molecule has 0 saturated carbocycles. The molecule has 1 aliphatic heterocycles. The summed E-state index contributed by atoms with van der Waals surface area (Å²) in [7, 11) is -4.00. The van der Waals surface area contributed by atoms with E-state index in [2.05, 4.69) is 5.43 Å². The summed E-state index contributed by atoms with van der Waals surface area (Å²) < 4.78 is 26.2. The van der Waals surface area contributed by atoms with Crippen LogP contribution in [0.1, 0.15) is 13.3 Å². The standard InChI is InChI=1S/C12H14ClN3O3S/c1-2-9-7-8-14-16(9)12(17)15-20(18,19)11-6-4-3-5-10(11)13/h3-9,14H,2H2,1H3,(H,15,17). The summed E-state index contributed by atoms with van der Waals surface area (Å²) in [5.74, 6) is 0. The van der Waals surface area contributed by atoms with Gasteiger partial charge in [-0.1, -0.05) is 30.7 Å². The van der Waals surface area contributed by atoms with Gasteiger partial charge in [0, 0.05) is 6.20 Å². The van der Waals surface area contributed by atoms with Crippen molar-refractivity contribution in [1.82, 2.24) is 15.2 Å². The van der Waals surface area contributed by atoms with Crippen LogP contribution in [0.5, 0.6) is 0 Å². The van der Waals surface area contributed by atoms with Gasteiger partial charge in [0.2, 0.25) is 0 Å². The average Bonchev–Trinajstić information content (AvgIpc) is 2.86. The Morgan fingerprint density at radius 1 is 1.45 bits per heavy atom. The van der Waals surface area contributed by atoms with Gasteiger partial charge in [0.25, 0.3) is 10.0 Å². The van der Waals surface area contributed by atoms with E-state index in [1.807, 2.05) is 11.6 Å². The molecular weight excluding hydrogens is 302 g/mol. The van der Waals surface area contributed by atoms with Crippen LogP contribution in [-0.4, -0.2) is 25.5 Å². The SMILES string of the molecule is CCC1C=CNN1C(=O)NS(=O)(=O)c1ccccc1Cl. The molecule has 1 unspecified atom stereocenters. The minimum Gasteiger partial charge on any atom is -0.302 e. The molecule has 6 nitrogen and oxygen atoms in total. The quantitative estimate of drug-likeness (QED) is 0.892. The number of sulfonamides is 1. The number of hydrogen-bond donors (Lipinski definition) is 2. The second kappa shape index (κ2) is 5.72. The fourth-order valence-corrected chi connectivity index (χ4v) is 3.29. The fourth-order valence-electron chi connectivity index (χ4n) is 1.83. The molecule has 1 atom stereocenters. The molecule has 0 fully saturated rings. The maximum atomic E-state index is 12.1. The van der Waals surface area contributed by atoms with Crippen molar-refractivity contribution in [1.29, 1.82) is 0 Å². The lowest BCUT2D eigenvalue weighted by molar-refractivity contribution is 0.179. The highest BCUT2D eigenvalue weighted by molar-refractivity contribution is 7.90. The summed E-state index contributed by atoms with van der Waals surface area (Å²) in [4.78, 5) is 11.9. The topological polar surface area (TPSA) is 78.5 Å². The molecule has 1 heterocycles. The summed E-state index contributed by atoms with van der Waals surface area (Å²) in [6.07, 6.45) is 4.04. The molecule has 0 saturated heterocycles. The number of carbonyl (C=O) groups excluding carboxylic acids is 1. The molecule has 1 aromatic rings. The minimum atomic E-state index is -4.00. The smallest absolute Gasteiger partial charge is 0.302 e. The number of carbonyl (C=O) groups is 1. The zero-order valence-electron chi connectivity index (χ0n) is 10.7. The van der Waals surface area contributed by atoms with Gasteiger partial charge >= 0.3 is 6.03 Å². The van der Waals surface area contributed by atoms with Gasteiger partial charge in [-0.3, -0.25) is 0 Å². The lowest BCUT2D eigenvalue weighted by Gasteiger charge is -2.23. The highest BCUT2D eigenvalue weighted by atomic mass is 35.5. The van der Waals surface area contributed by atoms with Crippen LogP contribution in [0, 0.1) is 0 Å². The maximum Gasteiger partial charge on any atom is 0.350 e. The van der Waals surface area contributed by atoms with Gasteiger partial charge in [0.15, 0.2) is 0 Å². The van der Waals surface area contributed by atoms with Crippen LogP contribution in [0.15, 0.2) is 41.4 Å². The molecule has 2 amide bonds. The van der Waals surface area contributed by atoms with Gasteiger partial charge in [0.1, 0.15) is 4.90 Å². The average molecular weight is 316 g/mol. The van der Waals surface area contributed by atoms with Gasteiger partial charge < -0.3 is 5.43 Å². The second-order valence-electron chi connectivity index (χ2n) is 4.17. The first-order valence-electron chi connectivity index (χ1n) is 5.99. The Hall–Kier alpha value is -1.73. The Labute approximate surface area is 122 Å². The number of urea groups is 1. The molecule has 2 N–H and O–H groups in total. The molecule has 0 spiro atoms. The van der Waals surface area contributed by atoms with E-state index in [1.165, 1.54) is 23.2 Å². The summed E-state index contributed by atoms with van der Waals surface area (Å²) in [6.45, 7) is 1.89. The third-order valence-corrected chi connectivity index (χ3v) is 4.67. The first-order chi connectivity index (χ1) is 9.45. The number of hydrogen-bond acceptors (Lipinski definition) is 4. The van der Waals surface area contributed by atoms with Gasteiger partial charge in [-0.2, -0.15) is 0 Å². The number of benzene rings is 1. The van der Waals surface area contributed by atoms with Crippen LogP contribution in [0.2, 0.25) is 5.02 Å². The predicted octanol–water partition coefficient (Wildman–Crippen LogP) is 1.85. The van der Waals surface area contributed by atoms with Crippen LogP contribution in [0.4, 0.5) is 4.79 Å². The Kier molecular flexibility index (Phi) is 4.20. The van der Waals surface area contributed by atoms with E-state index >= 15 is 0 Å². The van der Waals surface area contributed by atoms with Crippen molar-refractivity contribution in [2.75, 3.05) is 0 Å². The number of nitrogens with one attached hydrogen (secondary N) is 2. The van der Waals surface area contributed by atoms with Crippen molar-refractivity contribution in [3.8, 4) is 0 Å². The van der Waals surface area contributed by atoms with E-state index in [9.17, 15) is 13.2 Å². The minimum absolute atomic E-state index is 0.0624. The largest absolute Gasteiger partial charge is 0.350 e. The van der Waals surface area contributed by atoms with E-state index in [1.54, 1.807) is 18.3 Å². The first-order valence-corrected chi connectivity index (χ1v) is 7.85. The van der Waals surface area contributed by atoms with Crippen LogP contribution in [0.25, 0.3) is 0 Å². The lowest BCUT2D eigenvalue weighted by Crippen LogP contribution is -2.49. The molecule has 108 valence electrons. The highest BCUT2D eigenvalue weighted by Crippen LogP contribution is 2.20. The number of rotatable bonds is 3. The number of nitrogens with zero attached hydrogens (tertiary/aromatic N) is 1. The van der Waals surface area contributed by atoms with Gasteiger partial charge in [-0.25, -0.2) is 22.9 Å². The Bertz CT molecular complexity index is 645. The second-order valence-corrected chi connectivity index (χ2v) is 6.23. The monoisotopic (exact) mass is 315 g/mol. The third-order valence-electron chi connectivity index (χ3n) is 2.85. The molecule has 1 aromatic carbocycles. The normalized spacial score (nSPS) is 17.9. The van der Waals surface area contributed by atoms with Crippen molar-refractivity contribution in [3.63, 3.8) is 0 Å².